The van der Waals surface area contributed by atoms with E-state index in [2.05, 4.69) is 58.9 Å². The highest BCUT2D eigenvalue weighted by molar-refractivity contribution is 5.38. The van der Waals surface area contributed by atoms with Crippen molar-refractivity contribution in [2.45, 2.75) is 52.9 Å². The molecule has 0 aliphatic rings. The van der Waals surface area contributed by atoms with Crippen LogP contribution >= 0.6 is 0 Å². The summed E-state index contributed by atoms with van der Waals surface area (Å²) in [5.41, 5.74) is 1.44. The highest BCUT2D eigenvalue weighted by atomic mass is 16.5. The molecule has 0 amide bonds. The van der Waals surface area contributed by atoms with Crippen LogP contribution < -0.4 is 4.74 Å². The summed E-state index contributed by atoms with van der Waals surface area (Å²) in [5, 5.41) is 0. The minimum Gasteiger partial charge on any atom is -0.493 e. The predicted molar refractivity (Wildman–Crippen MR) is 74.7 cm³/mol. The van der Waals surface area contributed by atoms with Gasteiger partial charge in [-0.2, -0.15) is 0 Å². The van der Waals surface area contributed by atoms with Crippen LogP contribution in [0.3, 0.4) is 0 Å². The third-order valence-electron chi connectivity index (χ3n) is 3.00. The first-order valence-corrected chi connectivity index (χ1v) is 6.67. The molecular formula is C16H26O. The smallest absolute Gasteiger partial charge is 0.123 e. The van der Waals surface area contributed by atoms with Gasteiger partial charge in [0, 0.05) is 0 Å². The van der Waals surface area contributed by atoms with E-state index in [9.17, 15) is 0 Å². The molecule has 0 saturated carbocycles. The second kappa shape index (κ2) is 6.09. The van der Waals surface area contributed by atoms with Crippen LogP contribution in [0, 0.1) is 5.92 Å². The van der Waals surface area contributed by atoms with Crippen molar-refractivity contribution in [1.29, 1.82) is 0 Å². The molecule has 1 unspecified atom stereocenters. The van der Waals surface area contributed by atoms with E-state index < -0.39 is 0 Å². The van der Waals surface area contributed by atoms with Crippen molar-refractivity contribution in [3.63, 3.8) is 0 Å². The van der Waals surface area contributed by atoms with Crippen molar-refractivity contribution in [2.24, 2.45) is 5.92 Å². The van der Waals surface area contributed by atoms with Gasteiger partial charge in [-0.05, 0) is 29.4 Å². The lowest BCUT2D eigenvalue weighted by Gasteiger charge is -2.23. The van der Waals surface area contributed by atoms with Crippen LogP contribution in [-0.4, -0.2) is 6.61 Å². The van der Waals surface area contributed by atoms with Crippen LogP contribution in [0.4, 0.5) is 0 Å². The van der Waals surface area contributed by atoms with Gasteiger partial charge in [0.2, 0.25) is 0 Å². The lowest BCUT2D eigenvalue weighted by Crippen LogP contribution is -2.15. The Morgan fingerprint density at radius 1 is 1.18 bits per heavy atom. The molecule has 0 bridgehead atoms. The van der Waals surface area contributed by atoms with Crippen molar-refractivity contribution >= 4 is 0 Å². The molecule has 1 rings (SSSR count). The largest absolute Gasteiger partial charge is 0.493 e. The predicted octanol–water partition coefficient (Wildman–Crippen LogP) is 4.80. The zero-order chi connectivity index (χ0) is 12.9. The van der Waals surface area contributed by atoms with Crippen molar-refractivity contribution in [3.05, 3.63) is 29.8 Å². The topological polar surface area (TPSA) is 9.23 Å². The Labute approximate surface area is 106 Å². The SMILES string of the molecule is CCCC(C)COc1ccccc1C(C)(C)C. The Kier molecular flexibility index (Phi) is 5.04. The number of rotatable bonds is 5. The molecular weight excluding hydrogens is 208 g/mol. The molecule has 96 valence electrons. The molecule has 1 aromatic carbocycles. The van der Waals surface area contributed by atoms with Crippen LogP contribution in [0.1, 0.15) is 53.0 Å². The summed E-state index contributed by atoms with van der Waals surface area (Å²) in [6, 6.07) is 8.39. The molecule has 0 N–H and O–H groups in total. The first-order chi connectivity index (χ1) is 7.95. The maximum Gasteiger partial charge on any atom is 0.123 e. The van der Waals surface area contributed by atoms with E-state index in [-0.39, 0.29) is 5.41 Å². The summed E-state index contributed by atoms with van der Waals surface area (Å²) in [7, 11) is 0. The minimum absolute atomic E-state index is 0.143. The van der Waals surface area contributed by atoms with Crippen LogP contribution in [0.2, 0.25) is 0 Å². The van der Waals surface area contributed by atoms with Crippen LogP contribution in [-0.2, 0) is 5.41 Å². The highest BCUT2D eigenvalue weighted by Gasteiger charge is 2.18. The monoisotopic (exact) mass is 234 g/mol. The van der Waals surface area contributed by atoms with Crippen LogP contribution in [0.25, 0.3) is 0 Å². The summed E-state index contributed by atoms with van der Waals surface area (Å²) < 4.78 is 5.98. The van der Waals surface area contributed by atoms with E-state index in [0.717, 1.165) is 12.4 Å². The number of ether oxygens (including phenoxy) is 1. The molecule has 1 nitrogen and oxygen atoms in total. The molecule has 1 aromatic rings. The fraction of sp³-hybridized carbons (Fsp3) is 0.625. The zero-order valence-corrected chi connectivity index (χ0v) is 11.9. The number of hydrogen-bond acceptors (Lipinski definition) is 1. The third kappa shape index (κ3) is 4.41. The second-order valence-electron chi connectivity index (χ2n) is 5.95. The highest BCUT2D eigenvalue weighted by Crippen LogP contribution is 2.31. The molecule has 1 heteroatoms. The minimum atomic E-state index is 0.143. The van der Waals surface area contributed by atoms with Gasteiger partial charge in [-0.15, -0.1) is 0 Å². The molecule has 17 heavy (non-hydrogen) atoms. The molecule has 0 aliphatic carbocycles. The van der Waals surface area contributed by atoms with Gasteiger partial charge in [0.25, 0.3) is 0 Å². The van der Waals surface area contributed by atoms with E-state index >= 15 is 0 Å². The van der Waals surface area contributed by atoms with Gasteiger partial charge in [-0.25, -0.2) is 0 Å². The van der Waals surface area contributed by atoms with Crippen LogP contribution in [0.15, 0.2) is 24.3 Å². The summed E-state index contributed by atoms with van der Waals surface area (Å²) in [5.74, 6) is 1.68. The maximum atomic E-state index is 5.98. The second-order valence-corrected chi connectivity index (χ2v) is 5.95. The molecule has 0 heterocycles. The van der Waals surface area contributed by atoms with Crippen molar-refractivity contribution in [2.75, 3.05) is 6.61 Å². The lowest BCUT2D eigenvalue weighted by molar-refractivity contribution is 0.246. The van der Waals surface area contributed by atoms with E-state index in [1.807, 2.05) is 0 Å². The molecule has 0 spiro atoms. The fourth-order valence-corrected chi connectivity index (χ4v) is 2.02. The van der Waals surface area contributed by atoms with Gasteiger partial charge in [0.15, 0.2) is 0 Å². The summed E-state index contributed by atoms with van der Waals surface area (Å²) in [6.07, 6.45) is 2.46. The zero-order valence-electron chi connectivity index (χ0n) is 11.9. The van der Waals surface area contributed by atoms with Gasteiger partial charge < -0.3 is 4.74 Å². The number of benzene rings is 1. The molecule has 0 fully saturated rings. The third-order valence-corrected chi connectivity index (χ3v) is 3.00. The molecule has 1 atom stereocenters. The number of hydrogen-bond donors (Lipinski definition) is 0. The Hall–Kier alpha value is -0.980. The first-order valence-electron chi connectivity index (χ1n) is 6.67. The van der Waals surface area contributed by atoms with Gasteiger partial charge in [0.05, 0.1) is 6.61 Å². The summed E-state index contributed by atoms with van der Waals surface area (Å²) in [4.78, 5) is 0. The standard InChI is InChI=1S/C16H26O/c1-6-9-13(2)12-17-15-11-8-7-10-14(15)16(3,4)5/h7-8,10-11,13H,6,9,12H2,1-5H3. The molecule has 0 radical (unpaired) electrons. The summed E-state index contributed by atoms with van der Waals surface area (Å²) >= 11 is 0. The van der Waals surface area contributed by atoms with Crippen LogP contribution in [0.5, 0.6) is 5.75 Å². The van der Waals surface area contributed by atoms with Crippen molar-refractivity contribution in [1.82, 2.24) is 0 Å². The van der Waals surface area contributed by atoms with Crippen molar-refractivity contribution < 1.29 is 4.74 Å². The Balaban J connectivity index is 2.71. The average Bonchev–Trinajstić information content (AvgIpc) is 2.26. The maximum absolute atomic E-state index is 5.98. The quantitative estimate of drug-likeness (QED) is 0.711. The number of para-hydroxylation sites is 1. The fourth-order valence-electron chi connectivity index (χ4n) is 2.02. The normalized spacial score (nSPS) is 13.5. The Morgan fingerprint density at radius 3 is 2.41 bits per heavy atom. The van der Waals surface area contributed by atoms with Gasteiger partial charge in [0.1, 0.15) is 5.75 Å². The van der Waals surface area contributed by atoms with Gasteiger partial charge in [-0.3, -0.25) is 0 Å². The van der Waals surface area contributed by atoms with Gasteiger partial charge in [-0.1, -0.05) is 59.2 Å². The molecule has 0 aliphatic heterocycles. The van der Waals surface area contributed by atoms with E-state index in [4.69, 9.17) is 4.74 Å². The molecule has 0 saturated heterocycles. The van der Waals surface area contributed by atoms with E-state index in [1.165, 1.54) is 18.4 Å². The Morgan fingerprint density at radius 2 is 1.82 bits per heavy atom. The lowest BCUT2D eigenvalue weighted by atomic mass is 9.86. The van der Waals surface area contributed by atoms with E-state index in [1.54, 1.807) is 0 Å². The van der Waals surface area contributed by atoms with Gasteiger partial charge >= 0.3 is 0 Å². The summed E-state index contributed by atoms with van der Waals surface area (Å²) in [6.45, 7) is 12.0. The molecule has 0 aromatic heterocycles. The van der Waals surface area contributed by atoms with E-state index in [0.29, 0.717) is 5.92 Å². The average molecular weight is 234 g/mol. The first kappa shape index (κ1) is 14.1. The Bertz CT molecular complexity index is 336. The van der Waals surface area contributed by atoms with Crippen molar-refractivity contribution in [3.8, 4) is 5.75 Å².